The van der Waals surface area contributed by atoms with Crippen molar-refractivity contribution < 1.29 is 14.7 Å². The lowest BCUT2D eigenvalue weighted by atomic mass is 10.1. The van der Waals surface area contributed by atoms with E-state index in [1.165, 1.54) is 4.90 Å². The molecule has 1 unspecified atom stereocenters. The summed E-state index contributed by atoms with van der Waals surface area (Å²) in [6, 6.07) is 9.96. The molecule has 0 bridgehead atoms. The number of rotatable bonds is 5. The summed E-state index contributed by atoms with van der Waals surface area (Å²) in [5.74, 6) is -0.654. The minimum absolute atomic E-state index is 0.0453. The predicted molar refractivity (Wildman–Crippen MR) is 69.5 cm³/mol. The summed E-state index contributed by atoms with van der Waals surface area (Å²) in [4.78, 5) is 25.2. The largest absolute Gasteiger partial charge is 0.481 e. The third kappa shape index (κ3) is 3.26. The van der Waals surface area contributed by atoms with Crippen molar-refractivity contribution in [2.75, 3.05) is 18.8 Å². The number of carbonyl (C=O) groups is 2. The Labute approximate surface area is 110 Å². The molecule has 1 aliphatic rings. The summed E-state index contributed by atoms with van der Waals surface area (Å²) < 4.78 is 0. The molecule has 1 heterocycles. The highest BCUT2D eigenvalue weighted by Gasteiger charge is 2.33. The lowest BCUT2D eigenvalue weighted by Gasteiger charge is -2.15. The Morgan fingerprint density at radius 2 is 2.11 bits per heavy atom. The molecule has 1 saturated heterocycles. The topological polar surface area (TPSA) is 57.6 Å². The van der Waals surface area contributed by atoms with Crippen molar-refractivity contribution in [1.29, 1.82) is 0 Å². The Morgan fingerprint density at radius 3 is 2.72 bits per heavy atom. The van der Waals surface area contributed by atoms with Crippen LogP contribution >= 0.6 is 11.8 Å². The highest BCUT2D eigenvalue weighted by molar-refractivity contribution is 7.99. The van der Waals surface area contributed by atoms with Crippen molar-refractivity contribution in [3.8, 4) is 0 Å². The van der Waals surface area contributed by atoms with Gasteiger partial charge in [0.05, 0.1) is 5.92 Å². The average molecular weight is 265 g/mol. The monoisotopic (exact) mass is 265 g/mol. The summed E-state index contributed by atoms with van der Waals surface area (Å²) in [6.45, 7) is 0.964. The number of hydrogen-bond donors (Lipinski definition) is 1. The number of aliphatic carboxylic acids is 1. The second-order valence-corrected chi connectivity index (χ2v) is 5.41. The van der Waals surface area contributed by atoms with Gasteiger partial charge >= 0.3 is 5.97 Å². The van der Waals surface area contributed by atoms with E-state index in [0.29, 0.717) is 13.1 Å². The summed E-state index contributed by atoms with van der Waals surface area (Å²) in [5.41, 5.74) is 0. The third-order valence-corrected chi connectivity index (χ3v) is 3.93. The Balaban J connectivity index is 1.78. The molecule has 1 atom stereocenters. The van der Waals surface area contributed by atoms with Crippen LogP contribution in [0.4, 0.5) is 0 Å². The molecule has 0 spiro atoms. The lowest BCUT2D eigenvalue weighted by Crippen LogP contribution is -2.28. The second kappa shape index (κ2) is 5.91. The highest BCUT2D eigenvalue weighted by Crippen LogP contribution is 2.21. The molecule has 1 aromatic carbocycles. The molecule has 1 fully saturated rings. The summed E-state index contributed by atoms with van der Waals surface area (Å²) in [7, 11) is 0. The van der Waals surface area contributed by atoms with Gasteiger partial charge in [-0.05, 0) is 12.1 Å². The molecule has 0 saturated carbocycles. The van der Waals surface area contributed by atoms with Crippen LogP contribution in [0.1, 0.15) is 6.42 Å². The molecule has 4 nitrogen and oxygen atoms in total. The van der Waals surface area contributed by atoms with Gasteiger partial charge in [0.25, 0.3) is 0 Å². The van der Waals surface area contributed by atoms with Crippen LogP contribution in [-0.2, 0) is 9.59 Å². The Kier molecular flexibility index (Phi) is 4.25. The van der Waals surface area contributed by atoms with Gasteiger partial charge in [0, 0.05) is 30.2 Å². The Morgan fingerprint density at radius 1 is 1.39 bits per heavy atom. The number of carbonyl (C=O) groups excluding carboxylic acids is 1. The molecular formula is C13H15NO3S. The van der Waals surface area contributed by atoms with E-state index < -0.39 is 11.9 Å². The predicted octanol–water partition coefficient (Wildman–Crippen LogP) is 1.71. The quantitative estimate of drug-likeness (QED) is 0.823. The van der Waals surface area contributed by atoms with Crippen LogP contribution in [-0.4, -0.2) is 40.7 Å². The molecule has 2 rings (SSSR count). The maximum Gasteiger partial charge on any atom is 0.308 e. The van der Waals surface area contributed by atoms with Crippen molar-refractivity contribution >= 4 is 23.6 Å². The van der Waals surface area contributed by atoms with E-state index in [1.807, 2.05) is 30.3 Å². The van der Waals surface area contributed by atoms with Crippen LogP contribution < -0.4 is 0 Å². The first kappa shape index (κ1) is 13.0. The molecule has 5 heteroatoms. The van der Waals surface area contributed by atoms with Crippen molar-refractivity contribution in [2.24, 2.45) is 5.92 Å². The number of carboxylic acids is 1. The number of benzene rings is 1. The number of thioether (sulfide) groups is 1. The van der Waals surface area contributed by atoms with E-state index in [9.17, 15) is 9.59 Å². The first-order valence-corrected chi connectivity index (χ1v) is 6.84. The Bertz CT molecular complexity index is 435. The van der Waals surface area contributed by atoms with Gasteiger partial charge in [-0.2, -0.15) is 0 Å². The molecule has 1 amide bonds. The molecule has 18 heavy (non-hydrogen) atoms. The lowest BCUT2D eigenvalue weighted by molar-refractivity contribution is -0.141. The van der Waals surface area contributed by atoms with E-state index in [-0.39, 0.29) is 12.3 Å². The van der Waals surface area contributed by atoms with Crippen LogP contribution in [0.3, 0.4) is 0 Å². The van der Waals surface area contributed by atoms with Gasteiger partial charge in [0.15, 0.2) is 0 Å². The zero-order valence-electron chi connectivity index (χ0n) is 9.91. The fourth-order valence-electron chi connectivity index (χ4n) is 1.94. The van der Waals surface area contributed by atoms with Crippen molar-refractivity contribution in [1.82, 2.24) is 4.90 Å². The first-order valence-electron chi connectivity index (χ1n) is 5.85. The van der Waals surface area contributed by atoms with Crippen LogP contribution in [0.2, 0.25) is 0 Å². The minimum Gasteiger partial charge on any atom is -0.481 e. The maximum absolute atomic E-state index is 11.6. The van der Waals surface area contributed by atoms with Gasteiger partial charge in [-0.15, -0.1) is 11.8 Å². The summed E-state index contributed by atoms with van der Waals surface area (Å²) >= 11 is 1.68. The Hall–Kier alpha value is -1.49. The van der Waals surface area contributed by atoms with Crippen molar-refractivity contribution in [3.05, 3.63) is 30.3 Å². The number of carboxylic acid groups (broad SMARTS) is 1. The number of hydrogen-bond acceptors (Lipinski definition) is 3. The number of amides is 1. The van der Waals surface area contributed by atoms with Crippen molar-refractivity contribution in [3.63, 3.8) is 0 Å². The highest BCUT2D eigenvalue weighted by atomic mass is 32.2. The van der Waals surface area contributed by atoms with Crippen LogP contribution in [0.25, 0.3) is 0 Å². The SMILES string of the molecule is O=C(O)C1CC(=O)N(CCSc2ccccc2)C1. The minimum atomic E-state index is -0.874. The maximum atomic E-state index is 11.6. The van der Waals surface area contributed by atoms with Gasteiger partial charge in [-0.25, -0.2) is 0 Å². The van der Waals surface area contributed by atoms with Crippen LogP contribution in [0.15, 0.2) is 35.2 Å². The third-order valence-electron chi connectivity index (χ3n) is 2.94. The van der Waals surface area contributed by atoms with Crippen LogP contribution in [0, 0.1) is 5.92 Å². The number of nitrogens with zero attached hydrogens (tertiary/aromatic N) is 1. The van der Waals surface area contributed by atoms with Gasteiger partial charge in [-0.3, -0.25) is 9.59 Å². The molecular weight excluding hydrogens is 250 g/mol. The standard InChI is InChI=1S/C13H15NO3S/c15-12-8-10(13(16)17)9-14(12)6-7-18-11-4-2-1-3-5-11/h1-5,10H,6-9H2,(H,16,17). The summed E-state index contributed by atoms with van der Waals surface area (Å²) in [6.07, 6.45) is 0.144. The zero-order chi connectivity index (χ0) is 13.0. The fraction of sp³-hybridized carbons (Fsp3) is 0.385. The van der Waals surface area contributed by atoms with E-state index in [1.54, 1.807) is 16.7 Å². The van der Waals surface area contributed by atoms with Gasteiger partial charge in [-0.1, -0.05) is 18.2 Å². The molecule has 96 valence electrons. The molecule has 1 aromatic rings. The molecule has 0 aromatic heterocycles. The van der Waals surface area contributed by atoms with E-state index >= 15 is 0 Å². The molecule has 1 aliphatic heterocycles. The van der Waals surface area contributed by atoms with E-state index in [0.717, 1.165) is 5.75 Å². The van der Waals surface area contributed by atoms with E-state index in [4.69, 9.17) is 5.11 Å². The zero-order valence-corrected chi connectivity index (χ0v) is 10.7. The smallest absolute Gasteiger partial charge is 0.308 e. The second-order valence-electron chi connectivity index (χ2n) is 4.24. The normalized spacial score (nSPS) is 19.2. The molecule has 0 radical (unpaired) electrons. The van der Waals surface area contributed by atoms with Gasteiger partial charge < -0.3 is 10.0 Å². The first-order chi connectivity index (χ1) is 8.66. The van der Waals surface area contributed by atoms with Gasteiger partial charge in [0.1, 0.15) is 0 Å². The average Bonchev–Trinajstić information content (AvgIpc) is 2.73. The molecule has 1 N–H and O–H groups in total. The van der Waals surface area contributed by atoms with E-state index in [2.05, 4.69) is 0 Å². The molecule has 0 aliphatic carbocycles. The van der Waals surface area contributed by atoms with Crippen LogP contribution in [0.5, 0.6) is 0 Å². The van der Waals surface area contributed by atoms with Gasteiger partial charge in [0.2, 0.25) is 5.91 Å². The number of likely N-dealkylation sites (tertiary alicyclic amines) is 1. The fourth-order valence-corrected chi connectivity index (χ4v) is 2.84. The summed E-state index contributed by atoms with van der Waals surface area (Å²) in [5, 5.41) is 8.87. The van der Waals surface area contributed by atoms with Crippen molar-refractivity contribution in [2.45, 2.75) is 11.3 Å².